The van der Waals surface area contributed by atoms with Gasteiger partial charge in [0.05, 0.1) is 22.9 Å². The van der Waals surface area contributed by atoms with Crippen molar-refractivity contribution in [3.05, 3.63) is 65.9 Å². The van der Waals surface area contributed by atoms with Crippen molar-refractivity contribution in [3.63, 3.8) is 0 Å². The van der Waals surface area contributed by atoms with E-state index in [-0.39, 0.29) is 17.9 Å². The van der Waals surface area contributed by atoms with Gasteiger partial charge in [-0.2, -0.15) is 5.10 Å². The monoisotopic (exact) mass is 375 g/mol. The first-order valence-electron chi connectivity index (χ1n) is 10.2. The lowest BCUT2D eigenvalue weighted by Gasteiger charge is -2.52. The Morgan fingerprint density at radius 2 is 1.93 bits per heavy atom. The Kier molecular flexibility index (Phi) is 4.20. The van der Waals surface area contributed by atoms with Crippen LogP contribution in [0.1, 0.15) is 48.0 Å². The first-order valence-corrected chi connectivity index (χ1v) is 10.2. The van der Waals surface area contributed by atoms with Crippen LogP contribution in [0.4, 0.5) is 0 Å². The molecule has 3 aromatic rings. The van der Waals surface area contributed by atoms with Crippen LogP contribution in [-0.2, 0) is 5.60 Å². The number of benzene rings is 2. The molecule has 2 aliphatic rings. The largest absolute Gasteiger partial charge is 0.385 e. The molecule has 5 heteroatoms. The van der Waals surface area contributed by atoms with Crippen LogP contribution in [0.25, 0.3) is 10.9 Å². The van der Waals surface area contributed by atoms with Crippen LogP contribution in [0.2, 0.25) is 0 Å². The number of carbonyl (C=O) groups is 1. The van der Waals surface area contributed by atoms with E-state index in [4.69, 9.17) is 0 Å². The van der Waals surface area contributed by atoms with Crippen LogP contribution >= 0.6 is 0 Å². The predicted octanol–water partition coefficient (Wildman–Crippen LogP) is 3.86. The van der Waals surface area contributed by atoms with Gasteiger partial charge in [-0.05, 0) is 37.0 Å². The fourth-order valence-electron chi connectivity index (χ4n) is 5.33. The summed E-state index contributed by atoms with van der Waals surface area (Å²) in [5, 5.41) is 19.6. The van der Waals surface area contributed by atoms with Gasteiger partial charge in [-0.3, -0.25) is 9.89 Å². The molecule has 0 unspecified atom stereocenters. The molecule has 1 aromatic heterocycles. The second-order valence-electron chi connectivity index (χ2n) is 8.13. The van der Waals surface area contributed by atoms with E-state index in [0.717, 1.165) is 42.1 Å². The van der Waals surface area contributed by atoms with Gasteiger partial charge in [0.25, 0.3) is 5.91 Å². The van der Waals surface area contributed by atoms with Crippen LogP contribution in [0.5, 0.6) is 0 Å². The Morgan fingerprint density at radius 1 is 1.11 bits per heavy atom. The highest BCUT2D eigenvalue weighted by Crippen LogP contribution is 2.47. The molecule has 144 valence electrons. The van der Waals surface area contributed by atoms with Crippen LogP contribution < -0.4 is 0 Å². The summed E-state index contributed by atoms with van der Waals surface area (Å²) < 4.78 is 0. The van der Waals surface area contributed by atoms with Crippen LogP contribution in [-0.4, -0.2) is 38.7 Å². The average molecular weight is 375 g/mol. The molecule has 1 saturated carbocycles. The molecule has 5 nitrogen and oxygen atoms in total. The van der Waals surface area contributed by atoms with Crippen molar-refractivity contribution in [2.24, 2.45) is 5.92 Å². The van der Waals surface area contributed by atoms with Crippen molar-refractivity contribution in [3.8, 4) is 0 Å². The quantitative estimate of drug-likeness (QED) is 0.715. The van der Waals surface area contributed by atoms with Gasteiger partial charge in [0, 0.05) is 23.9 Å². The second kappa shape index (κ2) is 6.74. The molecule has 2 fully saturated rings. The van der Waals surface area contributed by atoms with E-state index in [1.54, 1.807) is 6.20 Å². The molecular weight excluding hydrogens is 350 g/mol. The lowest BCUT2D eigenvalue weighted by molar-refractivity contribution is -0.110. The zero-order valence-electron chi connectivity index (χ0n) is 15.8. The van der Waals surface area contributed by atoms with Crippen LogP contribution in [0.3, 0.4) is 0 Å². The lowest BCUT2D eigenvalue weighted by atomic mass is 9.66. The number of likely N-dealkylation sites (tertiary alicyclic amines) is 1. The number of aromatic nitrogens is 2. The van der Waals surface area contributed by atoms with Crippen molar-refractivity contribution in [2.45, 2.75) is 43.7 Å². The third-order valence-electron chi connectivity index (χ3n) is 6.73. The molecule has 0 spiro atoms. The lowest BCUT2D eigenvalue weighted by Crippen LogP contribution is -2.59. The molecule has 2 heterocycles. The summed E-state index contributed by atoms with van der Waals surface area (Å²) in [6, 6.07) is 15.8. The third-order valence-corrected chi connectivity index (χ3v) is 6.73. The molecule has 1 aliphatic heterocycles. The number of piperidine rings is 1. The summed E-state index contributed by atoms with van der Waals surface area (Å²) in [5.74, 6) is 0.129. The van der Waals surface area contributed by atoms with Crippen molar-refractivity contribution in [1.29, 1.82) is 0 Å². The van der Waals surface area contributed by atoms with Gasteiger partial charge in [-0.15, -0.1) is 0 Å². The molecule has 1 aliphatic carbocycles. The van der Waals surface area contributed by atoms with Crippen molar-refractivity contribution in [1.82, 2.24) is 15.1 Å². The molecule has 0 radical (unpaired) electrons. The second-order valence-corrected chi connectivity index (χ2v) is 8.13. The minimum absolute atomic E-state index is 0.0546. The van der Waals surface area contributed by atoms with Crippen molar-refractivity contribution >= 4 is 16.8 Å². The zero-order chi connectivity index (χ0) is 19.1. The number of H-pyrrole nitrogens is 1. The number of rotatable bonds is 2. The Morgan fingerprint density at radius 3 is 2.79 bits per heavy atom. The number of hydrogen-bond donors (Lipinski definition) is 2. The number of amides is 1. The fourth-order valence-corrected chi connectivity index (χ4v) is 5.33. The maximum absolute atomic E-state index is 13.5. The highest BCUT2D eigenvalue weighted by Gasteiger charge is 2.50. The van der Waals surface area contributed by atoms with Crippen LogP contribution in [0.15, 0.2) is 54.7 Å². The maximum atomic E-state index is 13.5. The van der Waals surface area contributed by atoms with E-state index in [0.29, 0.717) is 18.5 Å². The van der Waals surface area contributed by atoms with E-state index in [1.807, 2.05) is 53.4 Å². The Bertz CT molecular complexity index is 999. The fraction of sp³-hybridized carbons (Fsp3) is 0.391. The van der Waals surface area contributed by atoms with Gasteiger partial charge in [-0.1, -0.05) is 49.2 Å². The Balaban J connectivity index is 1.51. The summed E-state index contributed by atoms with van der Waals surface area (Å²) >= 11 is 0. The molecule has 2 aromatic carbocycles. The normalized spacial score (nSPS) is 27.5. The first-order chi connectivity index (χ1) is 13.7. The van der Waals surface area contributed by atoms with E-state index >= 15 is 0 Å². The number of aliphatic hydroxyl groups is 1. The van der Waals surface area contributed by atoms with Gasteiger partial charge in [-0.25, -0.2) is 0 Å². The molecule has 5 rings (SSSR count). The molecule has 1 saturated heterocycles. The number of carbonyl (C=O) groups excluding carboxylic acids is 1. The first kappa shape index (κ1) is 17.4. The van der Waals surface area contributed by atoms with E-state index in [9.17, 15) is 9.90 Å². The number of nitrogens with one attached hydrogen (secondary N) is 1. The summed E-state index contributed by atoms with van der Waals surface area (Å²) in [4.78, 5) is 15.5. The van der Waals surface area contributed by atoms with Gasteiger partial charge < -0.3 is 10.0 Å². The molecular formula is C23H25N3O2. The minimum atomic E-state index is -0.856. The standard InChI is InChI=1S/C23H25N3O2/c27-22(17-9-6-11-20-18(17)15-24-25-20)26-14-13-23(28,16-7-2-1-3-8-16)19-10-4-5-12-21(19)26/h1-3,6-9,11,15,19,21,28H,4-5,10,12-14H2,(H,24,25)/t19-,21+,23-/m1/s1. The number of fused-ring (bicyclic) bond motifs is 2. The smallest absolute Gasteiger partial charge is 0.254 e. The molecule has 2 N–H and O–H groups in total. The van der Waals surface area contributed by atoms with Crippen molar-refractivity contribution in [2.75, 3.05) is 6.54 Å². The summed E-state index contributed by atoms with van der Waals surface area (Å²) in [6.07, 6.45) is 6.42. The van der Waals surface area contributed by atoms with Gasteiger partial charge in [0.2, 0.25) is 0 Å². The van der Waals surface area contributed by atoms with Gasteiger partial charge in [0.1, 0.15) is 0 Å². The molecule has 0 bridgehead atoms. The summed E-state index contributed by atoms with van der Waals surface area (Å²) in [6.45, 7) is 0.569. The van der Waals surface area contributed by atoms with E-state index < -0.39 is 5.60 Å². The Labute approximate surface area is 164 Å². The van der Waals surface area contributed by atoms with Gasteiger partial charge in [0.15, 0.2) is 0 Å². The number of aromatic amines is 1. The van der Waals surface area contributed by atoms with E-state index in [2.05, 4.69) is 10.2 Å². The summed E-state index contributed by atoms with van der Waals surface area (Å²) in [5.41, 5.74) is 1.70. The van der Waals surface area contributed by atoms with E-state index in [1.165, 1.54) is 0 Å². The number of nitrogens with zero attached hydrogens (tertiary/aromatic N) is 2. The topological polar surface area (TPSA) is 69.2 Å². The molecule has 28 heavy (non-hydrogen) atoms. The predicted molar refractivity (Wildman–Crippen MR) is 108 cm³/mol. The Hall–Kier alpha value is -2.66. The van der Waals surface area contributed by atoms with Gasteiger partial charge >= 0.3 is 0 Å². The number of hydrogen-bond acceptors (Lipinski definition) is 3. The minimum Gasteiger partial charge on any atom is -0.385 e. The van der Waals surface area contributed by atoms with Crippen LogP contribution in [0, 0.1) is 5.92 Å². The van der Waals surface area contributed by atoms with Crippen molar-refractivity contribution < 1.29 is 9.90 Å². The third kappa shape index (κ3) is 2.65. The maximum Gasteiger partial charge on any atom is 0.254 e. The highest BCUT2D eigenvalue weighted by atomic mass is 16.3. The highest BCUT2D eigenvalue weighted by molar-refractivity contribution is 6.06. The molecule has 3 atom stereocenters. The average Bonchev–Trinajstić information content (AvgIpc) is 3.23. The zero-order valence-corrected chi connectivity index (χ0v) is 15.8. The SMILES string of the molecule is O=C(c1cccc2[nH]ncc12)N1CC[C@@](O)(c2ccccc2)[C@@H]2CCCC[C@@H]21. The molecule has 1 amide bonds. The summed E-state index contributed by atoms with van der Waals surface area (Å²) in [7, 11) is 0.